The van der Waals surface area contributed by atoms with Crippen molar-refractivity contribution in [1.29, 1.82) is 0 Å². The van der Waals surface area contributed by atoms with Gasteiger partial charge in [-0.05, 0) is 13.0 Å². The molecule has 2 rings (SSSR count). The predicted molar refractivity (Wildman–Crippen MR) is 68.7 cm³/mol. The van der Waals surface area contributed by atoms with Gasteiger partial charge in [0, 0.05) is 18.1 Å². The molecular formula is C13H15ClO5. The second kappa shape index (κ2) is 6.12. The molecule has 0 spiro atoms. The zero-order valence-corrected chi connectivity index (χ0v) is 11.3. The van der Waals surface area contributed by atoms with Crippen LogP contribution in [0.25, 0.3) is 0 Å². The third-order valence-electron chi connectivity index (χ3n) is 2.67. The van der Waals surface area contributed by atoms with Gasteiger partial charge >= 0.3 is 5.97 Å². The van der Waals surface area contributed by atoms with Gasteiger partial charge < -0.3 is 19.3 Å². The first-order chi connectivity index (χ1) is 9.13. The van der Waals surface area contributed by atoms with Crippen LogP contribution < -0.4 is 9.47 Å². The van der Waals surface area contributed by atoms with Crippen molar-refractivity contribution in [3.05, 3.63) is 22.7 Å². The summed E-state index contributed by atoms with van der Waals surface area (Å²) >= 11 is 6.05. The highest BCUT2D eigenvalue weighted by molar-refractivity contribution is 6.31. The largest absolute Gasteiger partial charge is 0.490 e. The maximum atomic E-state index is 11.5. The van der Waals surface area contributed by atoms with Crippen LogP contribution in [0, 0.1) is 0 Å². The van der Waals surface area contributed by atoms with Crippen molar-refractivity contribution < 1.29 is 24.1 Å². The Balaban J connectivity index is 2.31. The molecule has 1 aliphatic heterocycles. The first kappa shape index (κ1) is 14.0. The predicted octanol–water partition coefficient (Wildman–Crippen LogP) is 2.10. The highest BCUT2D eigenvalue weighted by atomic mass is 35.5. The van der Waals surface area contributed by atoms with Gasteiger partial charge in [0.25, 0.3) is 0 Å². The summed E-state index contributed by atoms with van der Waals surface area (Å²) in [4.78, 5) is 11.5. The molecule has 0 aromatic heterocycles. The first-order valence-electron chi connectivity index (χ1n) is 6.07. The molecule has 19 heavy (non-hydrogen) atoms. The quantitative estimate of drug-likeness (QED) is 0.862. The van der Waals surface area contributed by atoms with Crippen LogP contribution in [0.2, 0.25) is 5.02 Å². The number of hydrogen-bond acceptors (Lipinski definition) is 5. The van der Waals surface area contributed by atoms with E-state index in [1.807, 2.05) is 0 Å². The van der Waals surface area contributed by atoms with E-state index in [0.717, 1.165) is 6.42 Å². The van der Waals surface area contributed by atoms with Crippen molar-refractivity contribution in [2.45, 2.75) is 19.4 Å². The van der Waals surface area contributed by atoms with Gasteiger partial charge in [0.2, 0.25) is 0 Å². The zero-order chi connectivity index (χ0) is 13.8. The van der Waals surface area contributed by atoms with Crippen LogP contribution in [0.5, 0.6) is 11.5 Å². The molecule has 1 aromatic rings. The van der Waals surface area contributed by atoms with E-state index in [1.54, 1.807) is 13.0 Å². The third-order valence-corrected chi connectivity index (χ3v) is 3.00. The number of benzene rings is 1. The Labute approximate surface area is 116 Å². The molecule has 0 bridgehead atoms. The van der Waals surface area contributed by atoms with Crippen molar-refractivity contribution in [3.8, 4) is 11.5 Å². The normalized spacial score (nSPS) is 15.5. The molecule has 0 saturated heterocycles. The number of carbonyl (C=O) groups excluding carboxylic acids is 1. The highest BCUT2D eigenvalue weighted by Gasteiger charge is 2.24. The highest BCUT2D eigenvalue weighted by Crippen LogP contribution is 2.37. The monoisotopic (exact) mass is 286 g/mol. The Bertz CT molecular complexity index is 474. The maximum Gasteiger partial charge on any atom is 0.339 e. The molecule has 0 radical (unpaired) electrons. The lowest BCUT2D eigenvalue weighted by Gasteiger charge is -2.15. The van der Waals surface area contributed by atoms with E-state index in [1.165, 1.54) is 6.07 Å². The fourth-order valence-electron chi connectivity index (χ4n) is 1.76. The van der Waals surface area contributed by atoms with Crippen LogP contribution in [0.4, 0.5) is 0 Å². The lowest BCUT2D eigenvalue weighted by atomic mass is 10.1. The minimum atomic E-state index is -1.43. The second-order valence-electron chi connectivity index (χ2n) is 4.03. The second-order valence-corrected chi connectivity index (χ2v) is 4.43. The van der Waals surface area contributed by atoms with Gasteiger partial charge in [-0.1, -0.05) is 11.6 Å². The van der Waals surface area contributed by atoms with Crippen molar-refractivity contribution in [2.24, 2.45) is 0 Å². The lowest BCUT2D eigenvalue weighted by molar-refractivity contribution is -0.153. The SMILES string of the molecule is CCOC(=O)C(O)c1cc2c(cc1Cl)OCCCO2. The fraction of sp³-hybridized carbons (Fsp3) is 0.462. The molecule has 1 unspecified atom stereocenters. The molecule has 1 aromatic carbocycles. The molecule has 6 heteroatoms. The molecule has 1 atom stereocenters. The van der Waals surface area contributed by atoms with Crippen LogP contribution in [0.1, 0.15) is 25.0 Å². The summed E-state index contributed by atoms with van der Waals surface area (Å²) in [6.45, 7) is 2.92. The zero-order valence-electron chi connectivity index (χ0n) is 10.5. The van der Waals surface area contributed by atoms with Gasteiger partial charge in [-0.15, -0.1) is 0 Å². The van der Waals surface area contributed by atoms with E-state index in [9.17, 15) is 9.90 Å². The van der Waals surface area contributed by atoms with Crippen molar-refractivity contribution in [3.63, 3.8) is 0 Å². The number of aliphatic hydroxyl groups is 1. The van der Waals surface area contributed by atoms with Crippen LogP contribution in [0.15, 0.2) is 12.1 Å². The van der Waals surface area contributed by atoms with Gasteiger partial charge in [-0.3, -0.25) is 0 Å². The average molecular weight is 287 g/mol. The summed E-state index contributed by atoms with van der Waals surface area (Å²) < 4.78 is 15.7. The Kier molecular flexibility index (Phi) is 4.50. The number of fused-ring (bicyclic) bond motifs is 1. The molecule has 0 fully saturated rings. The standard InChI is InChI=1S/C13H15ClO5/c1-2-17-13(16)12(15)8-6-10-11(7-9(8)14)19-5-3-4-18-10/h6-7,12,15H,2-5H2,1H3. The molecular weight excluding hydrogens is 272 g/mol. The molecule has 1 N–H and O–H groups in total. The molecule has 0 aliphatic carbocycles. The number of carbonyl (C=O) groups is 1. The summed E-state index contributed by atoms with van der Waals surface area (Å²) in [5, 5.41) is 10.2. The van der Waals surface area contributed by atoms with Crippen molar-refractivity contribution in [1.82, 2.24) is 0 Å². The maximum absolute atomic E-state index is 11.5. The molecule has 0 saturated carbocycles. The smallest absolute Gasteiger partial charge is 0.339 e. The summed E-state index contributed by atoms with van der Waals surface area (Å²) in [6, 6.07) is 3.06. The summed E-state index contributed by atoms with van der Waals surface area (Å²) in [7, 11) is 0. The molecule has 5 nitrogen and oxygen atoms in total. The van der Waals surface area contributed by atoms with Gasteiger partial charge in [0.1, 0.15) is 0 Å². The summed E-state index contributed by atoms with van der Waals surface area (Å²) in [6.07, 6.45) is -0.660. The van der Waals surface area contributed by atoms with E-state index in [-0.39, 0.29) is 17.2 Å². The number of ether oxygens (including phenoxy) is 3. The molecule has 1 heterocycles. The molecule has 0 amide bonds. The number of rotatable bonds is 3. The van der Waals surface area contributed by atoms with Crippen LogP contribution >= 0.6 is 11.6 Å². The van der Waals surface area contributed by atoms with Crippen molar-refractivity contribution in [2.75, 3.05) is 19.8 Å². The number of aliphatic hydroxyl groups excluding tert-OH is 1. The minimum absolute atomic E-state index is 0.193. The summed E-state index contributed by atoms with van der Waals surface area (Å²) in [5.74, 6) is 0.251. The third kappa shape index (κ3) is 3.11. The Hall–Kier alpha value is -1.46. The Morgan fingerprint density at radius 1 is 1.42 bits per heavy atom. The van der Waals surface area contributed by atoms with E-state index in [0.29, 0.717) is 24.7 Å². The van der Waals surface area contributed by atoms with E-state index < -0.39 is 12.1 Å². The Morgan fingerprint density at radius 3 is 2.68 bits per heavy atom. The van der Waals surface area contributed by atoms with E-state index >= 15 is 0 Å². The summed E-state index contributed by atoms with van der Waals surface area (Å²) in [5.41, 5.74) is 0.254. The van der Waals surface area contributed by atoms with E-state index in [2.05, 4.69) is 0 Å². The number of hydrogen-bond donors (Lipinski definition) is 1. The topological polar surface area (TPSA) is 65.0 Å². The number of halogens is 1. The van der Waals surface area contributed by atoms with E-state index in [4.69, 9.17) is 25.8 Å². The van der Waals surface area contributed by atoms with Crippen LogP contribution in [-0.4, -0.2) is 30.9 Å². The van der Waals surface area contributed by atoms with Crippen LogP contribution in [0.3, 0.4) is 0 Å². The lowest BCUT2D eigenvalue weighted by Crippen LogP contribution is -2.16. The average Bonchev–Trinajstić information content (AvgIpc) is 2.62. The van der Waals surface area contributed by atoms with Crippen LogP contribution in [-0.2, 0) is 9.53 Å². The molecule has 1 aliphatic rings. The minimum Gasteiger partial charge on any atom is -0.490 e. The van der Waals surface area contributed by atoms with Gasteiger partial charge in [-0.2, -0.15) is 0 Å². The van der Waals surface area contributed by atoms with Crippen molar-refractivity contribution >= 4 is 17.6 Å². The first-order valence-corrected chi connectivity index (χ1v) is 6.45. The Morgan fingerprint density at radius 2 is 2.05 bits per heavy atom. The number of esters is 1. The van der Waals surface area contributed by atoms with Gasteiger partial charge in [-0.25, -0.2) is 4.79 Å². The van der Waals surface area contributed by atoms with Gasteiger partial charge in [0.05, 0.1) is 24.8 Å². The molecule has 104 valence electrons. The van der Waals surface area contributed by atoms with Gasteiger partial charge in [0.15, 0.2) is 17.6 Å². The fourth-order valence-corrected chi connectivity index (χ4v) is 2.01.